The van der Waals surface area contributed by atoms with Gasteiger partial charge < -0.3 is 5.11 Å². The van der Waals surface area contributed by atoms with Gasteiger partial charge in [0.2, 0.25) is 0 Å². The molecule has 0 aliphatic heterocycles. The van der Waals surface area contributed by atoms with Crippen LogP contribution >= 0.6 is 27.5 Å². The van der Waals surface area contributed by atoms with Crippen molar-refractivity contribution in [3.05, 3.63) is 33.0 Å². The topological polar surface area (TPSA) is 37.3 Å². The van der Waals surface area contributed by atoms with E-state index in [1.54, 1.807) is 0 Å². The molecule has 1 aliphatic rings. The molecule has 5 heteroatoms. The van der Waals surface area contributed by atoms with Gasteiger partial charge in [-0.2, -0.15) is 0 Å². The molecule has 0 saturated heterocycles. The number of halogens is 3. The third-order valence-electron chi connectivity index (χ3n) is 3.04. The van der Waals surface area contributed by atoms with Crippen LogP contribution in [0.3, 0.4) is 0 Å². The van der Waals surface area contributed by atoms with Gasteiger partial charge in [0.1, 0.15) is 5.82 Å². The molecule has 1 saturated carbocycles. The minimum absolute atomic E-state index is 0.0717. The van der Waals surface area contributed by atoms with Crippen molar-refractivity contribution in [1.29, 1.82) is 0 Å². The largest absolute Gasteiger partial charge is 0.481 e. The summed E-state index contributed by atoms with van der Waals surface area (Å²) in [6.07, 6.45) is 1.82. The van der Waals surface area contributed by atoms with Crippen LogP contribution in [0.5, 0.6) is 0 Å². The summed E-state index contributed by atoms with van der Waals surface area (Å²) in [5.41, 5.74) is 0.339. The molecule has 0 bridgehead atoms. The van der Waals surface area contributed by atoms with E-state index < -0.39 is 11.8 Å². The number of carbonyl (C=O) groups is 1. The number of carboxylic acid groups (broad SMARTS) is 1. The summed E-state index contributed by atoms with van der Waals surface area (Å²) >= 11 is 9.31. The van der Waals surface area contributed by atoms with Gasteiger partial charge in [0.15, 0.2) is 0 Å². The average Bonchev–Trinajstić information content (AvgIpc) is 3.06. The molecule has 1 N–H and O–H groups in total. The highest BCUT2D eigenvalue weighted by molar-refractivity contribution is 9.10. The van der Waals surface area contributed by atoms with Gasteiger partial charge in [-0.25, -0.2) is 4.39 Å². The summed E-state index contributed by atoms with van der Waals surface area (Å²) in [4.78, 5) is 10.8. The zero-order valence-electron chi connectivity index (χ0n) is 8.92. The predicted octanol–water partition coefficient (Wildman–Crippen LogP) is 4.21. The summed E-state index contributed by atoms with van der Waals surface area (Å²) < 4.78 is 14.4. The van der Waals surface area contributed by atoms with Crippen LogP contribution in [0.25, 0.3) is 0 Å². The molecule has 0 radical (unpaired) electrons. The first-order valence-corrected chi connectivity index (χ1v) is 6.53. The summed E-state index contributed by atoms with van der Waals surface area (Å²) in [6.45, 7) is 0. The fourth-order valence-corrected chi connectivity index (χ4v) is 2.71. The Morgan fingerprint density at radius 2 is 2.24 bits per heavy atom. The average molecular weight is 322 g/mol. The van der Waals surface area contributed by atoms with Crippen LogP contribution in [0, 0.1) is 11.7 Å². The number of hydrogen-bond acceptors (Lipinski definition) is 1. The SMILES string of the molecule is O=C(O)CC(c1c(F)ccc(Br)c1Cl)C1CC1. The third kappa shape index (κ3) is 2.80. The third-order valence-corrected chi connectivity index (χ3v) is 4.33. The highest BCUT2D eigenvalue weighted by Gasteiger charge is 2.36. The monoisotopic (exact) mass is 320 g/mol. The lowest BCUT2D eigenvalue weighted by molar-refractivity contribution is -0.137. The Morgan fingerprint density at radius 1 is 1.59 bits per heavy atom. The van der Waals surface area contributed by atoms with Gasteiger partial charge in [-0.1, -0.05) is 11.6 Å². The van der Waals surface area contributed by atoms with Crippen molar-refractivity contribution in [2.24, 2.45) is 5.92 Å². The molecule has 0 heterocycles. The molecule has 0 spiro atoms. The Bertz CT molecular complexity index is 460. The highest BCUT2D eigenvalue weighted by Crippen LogP contribution is 2.48. The van der Waals surface area contributed by atoms with Gasteiger partial charge in [0.25, 0.3) is 0 Å². The van der Waals surface area contributed by atoms with Gasteiger partial charge in [0, 0.05) is 16.0 Å². The second kappa shape index (κ2) is 4.94. The number of hydrogen-bond donors (Lipinski definition) is 1. The molecule has 1 fully saturated rings. The molecule has 1 aromatic rings. The minimum atomic E-state index is -0.919. The smallest absolute Gasteiger partial charge is 0.303 e. The van der Waals surface area contributed by atoms with Gasteiger partial charge in [-0.15, -0.1) is 0 Å². The highest BCUT2D eigenvalue weighted by atomic mass is 79.9. The van der Waals surface area contributed by atoms with Gasteiger partial charge in [-0.3, -0.25) is 4.79 Å². The van der Waals surface area contributed by atoms with E-state index in [0.717, 1.165) is 12.8 Å². The van der Waals surface area contributed by atoms with E-state index in [1.807, 2.05) is 0 Å². The summed E-state index contributed by atoms with van der Waals surface area (Å²) in [5.74, 6) is -1.42. The van der Waals surface area contributed by atoms with Crippen molar-refractivity contribution in [2.75, 3.05) is 0 Å². The Hall–Kier alpha value is -0.610. The van der Waals surface area contributed by atoms with E-state index in [2.05, 4.69) is 15.9 Å². The van der Waals surface area contributed by atoms with Crippen LogP contribution in [-0.4, -0.2) is 11.1 Å². The van der Waals surface area contributed by atoms with Gasteiger partial charge >= 0.3 is 5.97 Å². The minimum Gasteiger partial charge on any atom is -0.481 e. The lowest BCUT2D eigenvalue weighted by atomic mass is 9.90. The molecular weight excluding hydrogens is 310 g/mol. The molecule has 1 atom stereocenters. The molecule has 0 amide bonds. The molecule has 2 nitrogen and oxygen atoms in total. The maximum absolute atomic E-state index is 13.8. The fraction of sp³-hybridized carbons (Fsp3) is 0.417. The first kappa shape index (κ1) is 12.8. The van der Waals surface area contributed by atoms with Crippen LogP contribution in [0.15, 0.2) is 16.6 Å². The van der Waals surface area contributed by atoms with Crippen molar-refractivity contribution < 1.29 is 14.3 Å². The van der Waals surface area contributed by atoms with Crippen LogP contribution in [0.1, 0.15) is 30.7 Å². The number of aliphatic carboxylic acids is 1. The van der Waals surface area contributed by atoms with E-state index in [9.17, 15) is 9.18 Å². The second-order valence-corrected chi connectivity index (χ2v) is 5.53. The normalized spacial score (nSPS) is 16.9. The van der Waals surface area contributed by atoms with Gasteiger partial charge in [-0.05, 0) is 46.8 Å². The van der Waals surface area contributed by atoms with Crippen LogP contribution in [0.2, 0.25) is 5.02 Å². The van der Waals surface area contributed by atoms with Crippen molar-refractivity contribution in [2.45, 2.75) is 25.2 Å². The molecular formula is C12H11BrClFO2. The zero-order chi connectivity index (χ0) is 12.6. The first-order chi connectivity index (χ1) is 8.00. The number of carboxylic acids is 1. The Morgan fingerprint density at radius 3 is 2.76 bits per heavy atom. The van der Waals surface area contributed by atoms with E-state index in [0.29, 0.717) is 15.1 Å². The quantitative estimate of drug-likeness (QED) is 0.844. The molecule has 2 rings (SSSR count). The molecule has 1 aromatic carbocycles. The molecule has 0 aromatic heterocycles. The maximum Gasteiger partial charge on any atom is 0.303 e. The number of benzene rings is 1. The Kier molecular flexibility index (Phi) is 3.73. The van der Waals surface area contributed by atoms with Crippen LogP contribution in [-0.2, 0) is 4.79 Å². The van der Waals surface area contributed by atoms with E-state index >= 15 is 0 Å². The van der Waals surface area contributed by atoms with Gasteiger partial charge in [0.05, 0.1) is 11.4 Å². The summed E-state index contributed by atoms with van der Waals surface area (Å²) in [5, 5.41) is 9.19. The fourth-order valence-electron chi connectivity index (χ4n) is 2.07. The van der Waals surface area contributed by atoms with Crippen molar-refractivity contribution in [3.8, 4) is 0 Å². The maximum atomic E-state index is 13.8. The lowest BCUT2D eigenvalue weighted by Crippen LogP contribution is -2.11. The zero-order valence-corrected chi connectivity index (χ0v) is 11.3. The van der Waals surface area contributed by atoms with Crippen LogP contribution in [0.4, 0.5) is 4.39 Å². The molecule has 92 valence electrons. The van der Waals surface area contributed by atoms with Crippen molar-refractivity contribution in [3.63, 3.8) is 0 Å². The second-order valence-electron chi connectivity index (χ2n) is 4.30. The van der Waals surface area contributed by atoms with E-state index in [4.69, 9.17) is 16.7 Å². The van der Waals surface area contributed by atoms with Crippen molar-refractivity contribution in [1.82, 2.24) is 0 Å². The number of rotatable bonds is 4. The standard InChI is InChI=1S/C12H11BrClFO2/c13-8-3-4-9(15)11(12(8)14)7(5-10(16)17)6-1-2-6/h3-4,6-7H,1-2,5H2,(H,16,17). The van der Waals surface area contributed by atoms with Crippen molar-refractivity contribution >= 4 is 33.5 Å². The lowest BCUT2D eigenvalue weighted by Gasteiger charge is -2.17. The molecule has 1 aliphatic carbocycles. The summed E-state index contributed by atoms with van der Waals surface area (Å²) in [6, 6.07) is 2.86. The Labute approximate surface area is 112 Å². The van der Waals surface area contributed by atoms with E-state index in [-0.39, 0.29) is 18.3 Å². The first-order valence-electron chi connectivity index (χ1n) is 5.36. The predicted molar refractivity (Wildman–Crippen MR) is 66.8 cm³/mol. The van der Waals surface area contributed by atoms with E-state index in [1.165, 1.54) is 12.1 Å². The summed E-state index contributed by atoms with van der Waals surface area (Å²) in [7, 11) is 0. The Balaban J connectivity index is 2.41. The molecule has 17 heavy (non-hydrogen) atoms. The van der Waals surface area contributed by atoms with Crippen LogP contribution < -0.4 is 0 Å². The molecule has 1 unspecified atom stereocenters.